The Morgan fingerprint density at radius 3 is 2.84 bits per heavy atom. The first-order chi connectivity index (χ1) is 9.06. The van der Waals surface area contributed by atoms with Gasteiger partial charge in [0, 0.05) is 0 Å². The van der Waals surface area contributed by atoms with Crippen molar-refractivity contribution < 1.29 is 9.72 Å². The number of carbonyl (C=O) groups excluding carboxylic acids is 1. The summed E-state index contributed by atoms with van der Waals surface area (Å²) < 4.78 is 1.32. The molecule has 0 fully saturated rings. The van der Waals surface area contributed by atoms with Gasteiger partial charge < -0.3 is 20.0 Å². The number of halogens is 1. The van der Waals surface area contributed by atoms with Gasteiger partial charge in [0.2, 0.25) is 12.2 Å². The molecule has 2 aromatic rings. The molecule has 0 unspecified atom stereocenters. The van der Waals surface area contributed by atoms with Gasteiger partial charge in [-0.1, -0.05) is 23.7 Å². The van der Waals surface area contributed by atoms with Gasteiger partial charge in [-0.05, 0) is 22.0 Å². The monoisotopic (exact) mass is 280 g/mol. The molecule has 8 heteroatoms. The second-order valence-electron chi connectivity index (χ2n) is 3.69. The minimum Gasteiger partial charge on any atom is -0.358 e. The van der Waals surface area contributed by atoms with Gasteiger partial charge in [-0.2, -0.15) is 0 Å². The van der Waals surface area contributed by atoms with Crippen LogP contribution in [0.4, 0.5) is 11.5 Å². The smallest absolute Gasteiger partial charge is 0.358 e. The van der Waals surface area contributed by atoms with E-state index in [4.69, 9.17) is 11.6 Å². The van der Waals surface area contributed by atoms with Crippen molar-refractivity contribution in [1.82, 2.24) is 9.55 Å². The molecule has 0 saturated heterocycles. The van der Waals surface area contributed by atoms with E-state index in [2.05, 4.69) is 10.3 Å². The van der Waals surface area contributed by atoms with Crippen molar-refractivity contribution >= 4 is 29.0 Å². The largest absolute Gasteiger partial charge is 0.381 e. The molecule has 0 saturated carbocycles. The Morgan fingerprint density at radius 1 is 1.47 bits per heavy atom. The third-order valence-corrected chi connectivity index (χ3v) is 2.61. The fourth-order valence-electron chi connectivity index (χ4n) is 1.45. The van der Waals surface area contributed by atoms with Gasteiger partial charge in [0.15, 0.2) is 0 Å². The van der Waals surface area contributed by atoms with E-state index in [9.17, 15) is 14.9 Å². The average Bonchev–Trinajstić information content (AvgIpc) is 2.80. The number of rotatable bonds is 4. The fourth-order valence-corrected chi connectivity index (χ4v) is 1.63. The zero-order valence-corrected chi connectivity index (χ0v) is 10.4. The number of hydrogen-bond donors (Lipinski definition) is 1. The van der Waals surface area contributed by atoms with Crippen LogP contribution in [0.1, 0.15) is 0 Å². The van der Waals surface area contributed by atoms with Crippen molar-refractivity contribution in [2.24, 2.45) is 0 Å². The molecular formula is C11H9ClN4O3. The number of benzene rings is 1. The molecule has 1 aromatic carbocycles. The molecule has 0 bridgehead atoms. The second-order valence-corrected chi connectivity index (χ2v) is 4.10. The Labute approximate surface area is 113 Å². The molecule has 0 aliphatic rings. The molecule has 1 heterocycles. The highest BCUT2D eigenvalue weighted by atomic mass is 35.5. The molecule has 0 atom stereocenters. The summed E-state index contributed by atoms with van der Waals surface area (Å²) in [7, 11) is 0. The molecule has 0 aliphatic heterocycles. The molecule has 98 valence electrons. The van der Waals surface area contributed by atoms with Gasteiger partial charge in [0.25, 0.3) is 0 Å². The summed E-state index contributed by atoms with van der Waals surface area (Å²) in [5.74, 6) is -0.647. The molecule has 19 heavy (non-hydrogen) atoms. The second kappa shape index (κ2) is 5.49. The SMILES string of the molecule is O=C(Cn1cnc([N+](=O)[O-])c1)Nc1ccccc1Cl. The first-order valence-corrected chi connectivity index (χ1v) is 5.64. The number of para-hydroxylation sites is 1. The van der Waals surface area contributed by atoms with E-state index in [0.717, 1.165) is 0 Å². The molecule has 1 aromatic heterocycles. The highest BCUT2D eigenvalue weighted by Crippen LogP contribution is 2.20. The predicted octanol–water partition coefficient (Wildman–Crippen LogP) is 2.08. The zero-order chi connectivity index (χ0) is 13.8. The van der Waals surface area contributed by atoms with Gasteiger partial charge in [-0.3, -0.25) is 4.79 Å². The van der Waals surface area contributed by atoms with Crippen LogP contribution in [0.25, 0.3) is 0 Å². The Balaban J connectivity index is 2.01. The lowest BCUT2D eigenvalue weighted by Gasteiger charge is -2.06. The standard InChI is InChI=1S/C11H9ClN4O3/c12-8-3-1-2-4-9(8)14-11(17)6-15-5-10(13-7-15)16(18)19/h1-5,7H,6H2,(H,14,17). The Kier molecular flexibility index (Phi) is 3.76. The Hall–Kier alpha value is -2.41. The van der Waals surface area contributed by atoms with E-state index in [0.29, 0.717) is 10.7 Å². The fraction of sp³-hybridized carbons (Fsp3) is 0.0909. The van der Waals surface area contributed by atoms with E-state index in [1.807, 2.05) is 0 Å². The summed E-state index contributed by atoms with van der Waals surface area (Å²) >= 11 is 5.89. The predicted molar refractivity (Wildman–Crippen MR) is 69.0 cm³/mol. The molecule has 1 amide bonds. The lowest BCUT2D eigenvalue weighted by atomic mass is 10.3. The number of imidazole rings is 1. The van der Waals surface area contributed by atoms with Gasteiger partial charge >= 0.3 is 5.82 Å². The van der Waals surface area contributed by atoms with Crippen molar-refractivity contribution in [1.29, 1.82) is 0 Å². The topological polar surface area (TPSA) is 90.1 Å². The number of carbonyl (C=O) groups is 1. The highest BCUT2D eigenvalue weighted by Gasteiger charge is 2.12. The molecule has 7 nitrogen and oxygen atoms in total. The number of aromatic nitrogens is 2. The number of amides is 1. The number of hydrogen-bond acceptors (Lipinski definition) is 4. The number of nitrogens with one attached hydrogen (secondary N) is 1. The van der Waals surface area contributed by atoms with Crippen LogP contribution in [0.2, 0.25) is 5.02 Å². The summed E-state index contributed by atoms with van der Waals surface area (Å²) in [5.41, 5.74) is 0.490. The quantitative estimate of drug-likeness (QED) is 0.686. The Bertz CT molecular complexity index is 626. The van der Waals surface area contributed by atoms with Crippen LogP contribution in [0, 0.1) is 10.1 Å². The normalized spacial score (nSPS) is 10.2. The lowest BCUT2D eigenvalue weighted by Crippen LogP contribution is -2.18. The zero-order valence-electron chi connectivity index (χ0n) is 9.62. The first-order valence-electron chi connectivity index (χ1n) is 5.27. The van der Waals surface area contributed by atoms with E-state index in [-0.39, 0.29) is 18.3 Å². The Morgan fingerprint density at radius 2 is 2.21 bits per heavy atom. The summed E-state index contributed by atoms with van der Waals surface area (Å²) in [4.78, 5) is 25.1. The van der Waals surface area contributed by atoms with Crippen LogP contribution < -0.4 is 5.32 Å². The maximum Gasteiger partial charge on any atom is 0.381 e. The van der Waals surface area contributed by atoms with Gasteiger partial charge in [0.1, 0.15) is 12.7 Å². The van der Waals surface area contributed by atoms with Crippen LogP contribution in [-0.2, 0) is 11.3 Å². The summed E-state index contributed by atoms with van der Waals surface area (Å²) in [6.45, 7) is -0.0773. The highest BCUT2D eigenvalue weighted by molar-refractivity contribution is 6.33. The number of anilines is 1. The minimum atomic E-state index is -0.623. The van der Waals surface area contributed by atoms with Crippen molar-refractivity contribution in [3.8, 4) is 0 Å². The van der Waals surface area contributed by atoms with Crippen molar-refractivity contribution in [2.75, 3.05) is 5.32 Å². The van der Waals surface area contributed by atoms with Crippen molar-refractivity contribution in [2.45, 2.75) is 6.54 Å². The van der Waals surface area contributed by atoms with Crippen molar-refractivity contribution in [3.63, 3.8) is 0 Å². The third-order valence-electron chi connectivity index (χ3n) is 2.28. The van der Waals surface area contributed by atoms with E-state index < -0.39 is 4.92 Å². The molecule has 0 spiro atoms. The van der Waals surface area contributed by atoms with E-state index in [1.54, 1.807) is 24.3 Å². The third kappa shape index (κ3) is 3.29. The van der Waals surface area contributed by atoms with E-state index in [1.165, 1.54) is 17.1 Å². The van der Waals surface area contributed by atoms with Crippen LogP contribution in [0.3, 0.4) is 0 Å². The van der Waals surface area contributed by atoms with Crippen LogP contribution in [0.15, 0.2) is 36.8 Å². The maximum atomic E-state index is 11.7. The molecule has 0 aliphatic carbocycles. The number of nitrogens with zero attached hydrogens (tertiary/aromatic N) is 3. The molecule has 2 rings (SSSR count). The first kappa shape index (κ1) is 13.0. The van der Waals surface area contributed by atoms with Gasteiger partial charge in [0.05, 0.1) is 10.7 Å². The number of nitro groups is 1. The average molecular weight is 281 g/mol. The van der Waals surface area contributed by atoms with Crippen LogP contribution in [-0.4, -0.2) is 20.4 Å². The maximum absolute atomic E-state index is 11.7. The van der Waals surface area contributed by atoms with Crippen LogP contribution in [0.5, 0.6) is 0 Å². The van der Waals surface area contributed by atoms with Crippen LogP contribution >= 0.6 is 11.6 Å². The van der Waals surface area contributed by atoms with Gasteiger partial charge in [-0.15, -0.1) is 0 Å². The van der Waals surface area contributed by atoms with E-state index >= 15 is 0 Å². The van der Waals surface area contributed by atoms with Gasteiger partial charge in [-0.25, -0.2) is 0 Å². The molecule has 0 radical (unpaired) electrons. The summed E-state index contributed by atoms with van der Waals surface area (Å²) in [5, 5.41) is 13.5. The summed E-state index contributed by atoms with van der Waals surface area (Å²) in [6.07, 6.45) is 2.41. The molecule has 1 N–H and O–H groups in total. The minimum absolute atomic E-state index is 0.0773. The summed E-state index contributed by atoms with van der Waals surface area (Å²) in [6, 6.07) is 6.80. The lowest BCUT2D eigenvalue weighted by molar-refractivity contribution is -0.389. The van der Waals surface area contributed by atoms with Crippen molar-refractivity contribution in [3.05, 3.63) is 51.9 Å². The molecular weight excluding hydrogens is 272 g/mol.